The number of anilines is 1. The number of hydrogen-bond acceptors (Lipinski definition) is 6. The highest BCUT2D eigenvalue weighted by Gasteiger charge is 2.30. The molecule has 1 aromatic heterocycles. The summed E-state index contributed by atoms with van der Waals surface area (Å²) in [5.74, 6) is -0.221. The molecule has 1 amide bonds. The number of pyridine rings is 1. The Balaban J connectivity index is 1.56. The minimum Gasteiger partial charge on any atom is -0.480 e. The van der Waals surface area contributed by atoms with Crippen molar-refractivity contribution in [2.75, 3.05) is 26.1 Å². The summed E-state index contributed by atoms with van der Waals surface area (Å²) in [7, 11) is 1.29. The maximum atomic E-state index is 13.1. The zero-order valence-electron chi connectivity index (χ0n) is 19.3. The van der Waals surface area contributed by atoms with Gasteiger partial charge < -0.3 is 15.0 Å². The molecule has 0 radical (unpaired) electrons. The Hall–Kier alpha value is -2.72. The summed E-state index contributed by atoms with van der Waals surface area (Å²) in [6, 6.07) is 7.10. The van der Waals surface area contributed by atoms with E-state index in [1.807, 2.05) is 6.92 Å². The fraction of sp³-hybridized carbons (Fsp3) is 0.478. The molecule has 2 N–H and O–H groups in total. The first-order valence-electron chi connectivity index (χ1n) is 10.9. The van der Waals surface area contributed by atoms with Gasteiger partial charge in [0.05, 0.1) is 19.3 Å². The smallest absolute Gasteiger partial charge is 0.242 e. The maximum Gasteiger partial charge on any atom is 0.242 e. The predicted octanol–water partition coefficient (Wildman–Crippen LogP) is 3.01. The Morgan fingerprint density at radius 3 is 2.39 bits per heavy atom. The molecule has 0 bridgehead atoms. The van der Waals surface area contributed by atoms with Gasteiger partial charge in [-0.25, -0.2) is 22.5 Å². The monoisotopic (exact) mass is 478 g/mol. The topological polar surface area (TPSA) is 101 Å². The van der Waals surface area contributed by atoms with Crippen LogP contribution in [0.2, 0.25) is 0 Å². The highest BCUT2D eigenvalue weighted by Crippen LogP contribution is 2.29. The first-order valence-corrected chi connectivity index (χ1v) is 12.4. The number of methoxy groups -OCH3 is 1. The van der Waals surface area contributed by atoms with Gasteiger partial charge in [-0.15, -0.1) is 0 Å². The fourth-order valence-corrected chi connectivity index (χ4v) is 5.24. The van der Waals surface area contributed by atoms with Crippen molar-refractivity contribution in [2.24, 2.45) is 5.92 Å². The van der Waals surface area contributed by atoms with Crippen molar-refractivity contribution in [3.05, 3.63) is 47.9 Å². The van der Waals surface area contributed by atoms with Crippen molar-refractivity contribution < 1.29 is 22.3 Å². The number of nitrogens with one attached hydrogen (secondary N) is 2. The average molecular weight is 479 g/mol. The molecule has 1 atom stereocenters. The highest BCUT2D eigenvalue weighted by molar-refractivity contribution is 7.89. The largest absolute Gasteiger partial charge is 0.480 e. The van der Waals surface area contributed by atoms with E-state index in [0.29, 0.717) is 37.3 Å². The van der Waals surface area contributed by atoms with Gasteiger partial charge in [0.1, 0.15) is 16.4 Å². The van der Waals surface area contributed by atoms with Crippen LogP contribution >= 0.6 is 0 Å². The second-order valence-corrected chi connectivity index (χ2v) is 10.3. The van der Waals surface area contributed by atoms with Gasteiger partial charge in [-0.3, -0.25) is 4.79 Å². The van der Waals surface area contributed by atoms with E-state index in [-0.39, 0.29) is 34.6 Å². The Bertz CT molecular complexity index is 1070. The van der Waals surface area contributed by atoms with Gasteiger partial charge in [0.2, 0.25) is 21.8 Å². The van der Waals surface area contributed by atoms with Crippen LogP contribution in [0.4, 0.5) is 10.1 Å². The van der Waals surface area contributed by atoms with E-state index in [9.17, 15) is 17.6 Å². The lowest BCUT2D eigenvalue weighted by atomic mass is 9.85. The normalized spacial score (nSPS) is 19.5. The molecule has 3 rings (SSSR count). The molecule has 2 aromatic rings. The number of aromatic nitrogens is 1. The van der Waals surface area contributed by atoms with Crippen molar-refractivity contribution in [2.45, 2.75) is 49.6 Å². The van der Waals surface area contributed by atoms with Crippen LogP contribution in [0.3, 0.4) is 0 Å². The van der Waals surface area contributed by atoms with Gasteiger partial charge in [-0.1, -0.05) is 12.1 Å². The van der Waals surface area contributed by atoms with E-state index in [1.165, 1.54) is 31.5 Å². The predicted molar refractivity (Wildman–Crippen MR) is 124 cm³/mol. The summed E-state index contributed by atoms with van der Waals surface area (Å²) in [6.45, 7) is 1.86. The number of nitrogens with zero attached hydrogens (tertiary/aromatic N) is 2. The minimum absolute atomic E-state index is 0.0666. The number of carbonyl (C=O) groups is 1. The van der Waals surface area contributed by atoms with Crippen LogP contribution in [-0.4, -0.2) is 46.6 Å². The molecule has 0 unspecified atom stereocenters. The molecular formula is C23H31FN4O4S. The number of amides is 1. The van der Waals surface area contributed by atoms with Crippen LogP contribution in [0.5, 0.6) is 5.88 Å². The molecule has 180 valence electrons. The first-order chi connectivity index (χ1) is 15.6. The molecule has 1 fully saturated rings. The molecule has 0 spiro atoms. The number of ether oxygens (including phenoxy) is 1. The van der Waals surface area contributed by atoms with Crippen molar-refractivity contribution in [1.82, 2.24) is 15.0 Å². The van der Waals surface area contributed by atoms with E-state index in [2.05, 4.69) is 15.0 Å². The van der Waals surface area contributed by atoms with Gasteiger partial charge in [-0.05, 0) is 56.4 Å². The van der Waals surface area contributed by atoms with Gasteiger partial charge in [0, 0.05) is 26.1 Å². The van der Waals surface area contributed by atoms with E-state index >= 15 is 0 Å². The molecule has 1 saturated carbocycles. The molecule has 1 aliphatic rings. The standard InChI is InChI=1S/C23H31FN4O4S/c1-15(16-5-9-18(24)10-6-16)26-22(29)17-7-11-19(12-8-17)27-33(30,31)20-13-21(28(2)3)23(32-4)25-14-20/h5-6,9-10,13-15,17,19,27H,7-8,11-12H2,1-4H3,(H,26,29)/t15-,17?,19?/m1/s1. The second-order valence-electron chi connectivity index (χ2n) is 8.55. The Morgan fingerprint density at radius 1 is 1.18 bits per heavy atom. The third-order valence-electron chi connectivity index (χ3n) is 5.94. The average Bonchev–Trinajstić information content (AvgIpc) is 2.79. The first kappa shape index (κ1) is 24.9. The third kappa shape index (κ3) is 6.20. The molecular weight excluding hydrogens is 447 g/mol. The Kier molecular flexibility index (Phi) is 7.91. The fourth-order valence-electron chi connectivity index (χ4n) is 3.97. The van der Waals surface area contributed by atoms with Crippen LogP contribution < -0.4 is 19.7 Å². The van der Waals surface area contributed by atoms with Gasteiger partial charge in [0.25, 0.3) is 0 Å². The molecule has 1 aliphatic carbocycles. The summed E-state index contributed by atoms with van der Waals surface area (Å²) in [5.41, 5.74) is 1.40. The lowest BCUT2D eigenvalue weighted by Gasteiger charge is -2.29. The number of carbonyl (C=O) groups excluding carboxylic acids is 1. The summed E-state index contributed by atoms with van der Waals surface area (Å²) < 4.78 is 46.9. The van der Waals surface area contributed by atoms with Crippen LogP contribution in [-0.2, 0) is 14.8 Å². The number of halogens is 1. The van der Waals surface area contributed by atoms with E-state index in [4.69, 9.17) is 4.74 Å². The van der Waals surface area contributed by atoms with Gasteiger partial charge in [0.15, 0.2) is 0 Å². The summed E-state index contributed by atoms with van der Waals surface area (Å²) in [5, 5.41) is 2.98. The number of benzene rings is 1. The zero-order valence-corrected chi connectivity index (χ0v) is 20.2. The second kappa shape index (κ2) is 10.5. The minimum atomic E-state index is -3.76. The highest BCUT2D eigenvalue weighted by atomic mass is 32.2. The number of sulfonamides is 1. The molecule has 8 nitrogen and oxygen atoms in total. The maximum absolute atomic E-state index is 13.1. The van der Waals surface area contributed by atoms with Crippen molar-refractivity contribution in [3.8, 4) is 5.88 Å². The lowest BCUT2D eigenvalue weighted by Crippen LogP contribution is -2.41. The Morgan fingerprint density at radius 2 is 1.82 bits per heavy atom. The van der Waals surface area contributed by atoms with Crippen LogP contribution in [0.15, 0.2) is 41.4 Å². The van der Waals surface area contributed by atoms with Crippen molar-refractivity contribution in [1.29, 1.82) is 0 Å². The van der Waals surface area contributed by atoms with Crippen LogP contribution in [0, 0.1) is 11.7 Å². The Labute approximate surface area is 194 Å². The van der Waals surface area contributed by atoms with E-state index in [0.717, 1.165) is 5.56 Å². The van der Waals surface area contributed by atoms with Gasteiger partial charge >= 0.3 is 0 Å². The summed E-state index contributed by atoms with van der Waals surface area (Å²) in [4.78, 5) is 18.6. The van der Waals surface area contributed by atoms with E-state index < -0.39 is 10.0 Å². The van der Waals surface area contributed by atoms with Crippen molar-refractivity contribution >= 4 is 21.6 Å². The molecule has 1 aromatic carbocycles. The molecule has 0 saturated heterocycles. The summed E-state index contributed by atoms with van der Waals surface area (Å²) in [6.07, 6.45) is 3.57. The lowest BCUT2D eigenvalue weighted by molar-refractivity contribution is -0.126. The van der Waals surface area contributed by atoms with Crippen LogP contribution in [0.25, 0.3) is 0 Å². The number of hydrogen-bond donors (Lipinski definition) is 2. The SMILES string of the molecule is COc1ncc(S(=O)(=O)NC2CCC(C(=O)N[C@H](C)c3ccc(F)cc3)CC2)cc1N(C)C. The zero-order chi connectivity index (χ0) is 24.2. The van der Waals surface area contributed by atoms with Gasteiger partial charge in [-0.2, -0.15) is 0 Å². The molecule has 1 heterocycles. The quantitative estimate of drug-likeness (QED) is 0.605. The van der Waals surface area contributed by atoms with Crippen LogP contribution in [0.1, 0.15) is 44.2 Å². The molecule has 0 aliphatic heterocycles. The third-order valence-corrected chi connectivity index (χ3v) is 7.43. The number of rotatable bonds is 8. The van der Waals surface area contributed by atoms with E-state index in [1.54, 1.807) is 31.1 Å². The summed E-state index contributed by atoms with van der Waals surface area (Å²) >= 11 is 0. The van der Waals surface area contributed by atoms with Crippen molar-refractivity contribution in [3.63, 3.8) is 0 Å². The molecule has 33 heavy (non-hydrogen) atoms. The molecule has 10 heteroatoms.